The Balaban J connectivity index is 1.68. The van der Waals surface area contributed by atoms with Gasteiger partial charge in [0.25, 0.3) is 0 Å². The third-order valence-electron chi connectivity index (χ3n) is 4.29. The van der Waals surface area contributed by atoms with Gasteiger partial charge in [0.1, 0.15) is 0 Å². The summed E-state index contributed by atoms with van der Waals surface area (Å²) in [7, 11) is 0. The zero-order chi connectivity index (χ0) is 13.7. The van der Waals surface area contributed by atoms with Crippen LogP contribution in [0, 0.1) is 5.41 Å². The summed E-state index contributed by atoms with van der Waals surface area (Å²) in [5, 5.41) is 12.6. The van der Waals surface area contributed by atoms with E-state index in [2.05, 4.69) is 49.5 Å². The van der Waals surface area contributed by atoms with Gasteiger partial charge < -0.3 is 10.4 Å². The molecule has 0 amide bonds. The maximum Gasteiger partial charge on any atom is 0.0431 e. The fourth-order valence-electron chi connectivity index (χ4n) is 2.85. The topological polar surface area (TPSA) is 32.3 Å². The van der Waals surface area contributed by atoms with Crippen molar-refractivity contribution < 1.29 is 5.11 Å². The van der Waals surface area contributed by atoms with E-state index < -0.39 is 0 Å². The molecule has 106 valence electrons. The zero-order valence-corrected chi connectivity index (χ0v) is 12.2. The van der Waals surface area contributed by atoms with Crippen LogP contribution in [0.3, 0.4) is 0 Å². The predicted octanol–water partition coefficient (Wildman–Crippen LogP) is 3.32. The summed E-state index contributed by atoms with van der Waals surface area (Å²) in [5.41, 5.74) is 1.78. The zero-order valence-electron chi connectivity index (χ0n) is 12.2. The quantitative estimate of drug-likeness (QED) is 0.789. The third-order valence-corrected chi connectivity index (χ3v) is 4.29. The van der Waals surface area contributed by atoms with Crippen LogP contribution >= 0.6 is 0 Å². The first-order valence-corrected chi connectivity index (χ1v) is 7.50. The molecule has 1 aromatic carbocycles. The number of rotatable bonds is 7. The highest BCUT2D eigenvalue weighted by atomic mass is 16.2. The van der Waals surface area contributed by atoms with Gasteiger partial charge in [-0.1, -0.05) is 44.2 Å². The summed E-state index contributed by atoms with van der Waals surface area (Å²) in [6.07, 6.45) is 4.53. The minimum Gasteiger partial charge on any atom is -0.396 e. The molecule has 2 heteroatoms. The number of aliphatic hydroxyl groups is 1. The molecule has 0 saturated heterocycles. The van der Waals surface area contributed by atoms with Crippen molar-refractivity contribution in [2.24, 2.45) is 5.41 Å². The average Bonchev–Trinajstić information content (AvgIpc) is 2.36. The Morgan fingerprint density at radius 1 is 1.21 bits per heavy atom. The largest absolute Gasteiger partial charge is 0.396 e. The van der Waals surface area contributed by atoms with Crippen LogP contribution in [0.15, 0.2) is 30.3 Å². The summed E-state index contributed by atoms with van der Waals surface area (Å²) in [5.74, 6) is 0.749. The van der Waals surface area contributed by atoms with Gasteiger partial charge in [0.15, 0.2) is 0 Å². The Labute approximate surface area is 117 Å². The van der Waals surface area contributed by atoms with Crippen LogP contribution in [-0.4, -0.2) is 24.3 Å². The second kappa shape index (κ2) is 6.53. The molecule has 19 heavy (non-hydrogen) atoms. The van der Waals surface area contributed by atoms with E-state index in [0.717, 1.165) is 25.3 Å². The van der Waals surface area contributed by atoms with Crippen molar-refractivity contribution in [1.82, 2.24) is 5.32 Å². The molecule has 0 aromatic heterocycles. The molecule has 0 heterocycles. The summed E-state index contributed by atoms with van der Waals surface area (Å²) in [6.45, 7) is 5.92. The molecule has 2 nitrogen and oxygen atoms in total. The first kappa shape index (κ1) is 14.5. The van der Waals surface area contributed by atoms with E-state index in [1.807, 2.05) is 0 Å². The van der Waals surface area contributed by atoms with Crippen molar-refractivity contribution in [2.75, 3.05) is 13.2 Å². The Morgan fingerprint density at radius 2 is 1.89 bits per heavy atom. The van der Waals surface area contributed by atoms with E-state index in [1.54, 1.807) is 0 Å². The van der Waals surface area contributed by atoms with Crippen molar-refractivity contribution in [1.29, 1.82) is 0 Å². The lowest BCUT2D eigenvalue weighted by atomic mass is 9.75. The van der Waals surface area contributed by atoms with E-state index in [9.17, 15) is 0 Å². The van der Waals surface area contributed by atoms with E-state index in [0.29, 0.717) is 18.1 Å². The Bertz CT molecular complexity index is 368. The van der Waals surface area contributed by atoms with E-state index in [1.165, 1.54) is 18.4 Å². The number of hydrogen-bond acceptors (Lipinski definition) is 2. The number of aliphatic hydroxyl groups excluding tert-OH is 1. The van der Waals surface area contributed by atoms with E-state index >= 15 is 0 Å². The minimum absolute atomic E-state index is 0.292. The maximum atomic E-state index is 8.90. The molecule has 2 rings (SSSR count). The second-order valence-corrected chi connectivity index (χ2v) is 6.65. The van der Waals surface area contributed by atoms with Crippen LogP contribution in [0.4, 0.5) is 0 Å². The second-order valence-electron chi connectivity index (χ2n) is 6.65. The van der Waals surface area contributed by atoms with Gasteiger partial charge in [-0.05, 0) is 42.6 Å². The SMILES string of the molecule is CC(C)(CCCO)CNC1CC(c2ccccc2)C1. The van der Waals surface area contributed by atoms with E-state index in [4.69, 9.17) is 5.11 Å². The highest BCUT2D eigenvalue weighted by Gasteiger charge is 2.31. The molecular formula is C17H27NO. The van der Waals surface area contributed by atoms with Crippen molar-refractivity contribution in [3.63, 3.8) is 0 Å². The monoisotopic (exact) mass is 261 g/mol. The molecule has 1 saturated carbocycles. The van der Waals surface area contributed by atoms with Gasteiger partial charge in [0, 0.05) is 19.2 Å². The molecule has 0 atom stereocenters. The van der Waals surface area contributed by atoms with Crippen molar-refractivity contribution in [3.8, 4) is 0 Å². The molecular weight excluding hydrogens is 234 g/mol. The molecule has 1 fully saturated rings. The first-order chi connectivity index (χ1) is 9.11. The summed E-state index contributed by atoms with van der Waals surface area (Å²) in [4.78, 5) is 0. The van der Waals surface area contributed by atoms with Crippen LogP contribution in [0.1, 0.15) is 51.0 Å². The fourth-order valence-corrected chi connectivity index (χ4v) is 2.85. The lowest BCUT2D eigenvalue weighted by Gasteiger charge is -2.38. The van der Waals surface area contributed by atoms with E-state index in [-0.39, 0.29) is 0 Å². The number of benzene rings is 1. The molecule has 1 aliphatic carbocycles. The Hall–Kier alpha value is -0.860. The normalized spacial score (nSPS) is 23.1. The predicted molar refractivity (Wildman–Crippen MR) is 80.3 cm³/mol. The minimum atomic E-state index is 0.292. The van der Waals surface area contributed by atoms with Crippen molar-refractivity contribution in [2.45, 2.75) is 51.5 Å². The maximum absolute atomic E-state index is 8.90. The molecule has 1 aliphatic rings. The van der Waals surface area contributed by atoms with Gasteiger partial charge in [-0.25, -0.2) is 0 Å². The smallest absolute Gasteiger partial charge is 0.0431 e. The number of nitrogens with one attached hydrogen (secondary N) is 1. The Kier molecular flexibility index (Phi) is 5.00. The average molecular weight is 261 g/mol. The standard InChI is InChI=1S/C17H27NO/c1-17(2,9-6-10-19)13-18-16-11-15(12-16)14-7-4-3-5-8-14/h3-5,7-8,15-16,18-19H,6,9-13H2,1-2H3. The highest BCUT2D eigenvalue weighted by molar-refractivity contribution is 5.22. The van der Waals surface area contributed by atoms with Gasteiger partial charge in [0.05, 0.1) is 0 Å². The van der Waals surface area contributed by atoms with Gasteiger partial charge >= 0.3 is 0 Å². The van der Waals surface area contributed by atoms with Crippen LogP contribution in [0.2, 0.25) is 0 Å². The van der Waals surface area contributed by atoms with Crippen LogP contribution < -0.4 is 5.32 Å². The molecule has 2 N–H and O–H groups in total. The molecule has 0 bridgehead atoms. The molecule has 0 unspecified atom stereocenters. The highest BCUT2D eigenvalue weighted by Crippen LogP contribution is 2.37. The Morgan fingerprint density at radius 3 is 2.53 bits per heavy atom. The number of hydrogen-bond donors (Lipinski definition) is 2. The van der Waals surface area contributed by atoms with Crippen LogP contribution in [0.5, 0.6) is 0 Å². The van der Waals surface area contributed by atoms with Crippen molar-refractivity contribution in [3.05, 3.63) is 35.9 Å². The van der Waals surface area contributed by atoms with Crippen LogP contribution in [-0.2, 0) is 0 Å². The molecule has 0 radical (unpaired) electrons. The van der Waals surface area contributed by atoms with Crippen LogP contribution in [0.25, 0.3) is 0 Å². The molecule has 0 spiro atoms. The van der Waals surface area contributed by atoms with Gasteiger partial charge in [0.2, 0.25) is 0 Å². The molecule has 1 aromatic rings. The first-order valence-electron chi connectivity index (χ1n) is 7.50. The summed E-state index contributed by atoms with van der Waals surface area (Å²) >= 11 is 0. The lowest BCUT2D eigenvalue weighted by molar-refractivity contribution is 0.210. The van der Waals surface area contributed by atoms with Gasteiger partial charge in [-0.3, -0.25) is 0 Å². The summed E-state index contributed by atoms with van der Waals surface area (Å²) in [6, 6.07) is 11.5. The van der Waals surface area contributed by atoms with Gasteiger partial charge in [-0.15, -0.1) is 0 Å². The summed E-state index contributed by atoms with van der Waals surface area (Å²) < 4.78 is 0. The van der Waals surface area contributed by atoms with Crippen molar-refractivity contribution >= 4 is 0 Å². The fraction of sp³-hybridized carbons (Fsp3) is 0.647. The third kappa shape index (κ3) is 4.32. The molecule has 0 aliphatic heterocycles. The lowest BCUT2D eigenvalue weighted by Crippen LogP contribution is -2.44. The van der Waals surface area contributed by atoms with Gasteiger partial charge in [-0.2, -0.15) is 0 Å².